The van der Waals surface area contributed by atoms with Crippen LogP contribution in [0.2, 0.25) is 0 Å². The number of likely N-dealkylation sites (tertiary alicyclic amines) is 1. The summed E-state index contributed by atoms with van der Waals surface area (Å²) in [4.78, 5) is 35.2. The second-order valence-corrected chi connectivity index (χ2v) is 7.27. The number of carbonyl (C=O) groups excluding carboxylic acids is 2. The van der Waals surface area contributed by atoms with Crippen LogP contribution in [-0.4, -0.2) is 44.3 Å². The lowest BCUT2D eigenvalue weighted by molar-refractivity contribution is -0.122. The topological polar surface area (TPSA) is 94.1 Å². The fourth-order valence-corrected chi connectivity index (χ4v) is 3.70. The maximum absolute atomic E-state index is 13.0. The summed E-state index contributed by atoms with van der Waals surface area (Å²) < 4.78 is 1.97. The predicted octanol–water partition coefficient (Wildman–Crippen LogP) is 2.21. The van der Waals surface area contributed by atoms with Crippen molar-refractivity contribution in [1.82, 2.24) is 19.4 Å². The van der Waals surface area contributed by atoms with Crippen molar-refractivity contribution in [2.45, 2.75) is 25.8 Å². The van der Waals surface area contributed by atoms with E-state index in [-0.39, 0.29) is 17.7 Å². The van der Waals surface area contributed by atoms with E-state index in [4.69, 9.17) is 5.73 Å². The Morgan fingerprint density at radius 1 is 1.14 bits per heavy atom. The maximum atomic E-state index is 13.0. The van der Waals surface area contributed by atoms with E-state index in [9.17, 15) is 9.59 Å². The number of rotatable bonds is 4. The van der Waals surface area contributed by atoms with Gasteiger partial charge in [-0.2, -0.15) is 0 Å². The first-order valence-corrected chi connectivity index (χ1v) is 9.55. The zero-order valence-electron chi connectivity index (χ0n) is 15.6. The number of primary amides is 1. The summed E-state index contributed by atoms with van der Waals surface area (Å²) in [5, 5.41) is 0. The van der Waals surface area contributed by atoms with Gasteiger partial charge in [-0.1, -0.05) is 36.8 Å². The van der Waals surface area contributed by atoms with Crippen LogP contribution in [0.15, 0.2) is 48.9 Å². The van der Waals surface area contributed by atoms with Gasteiger partial charge in [0.05, 0.1) is 24.4 Å². The molecule has 1 aliphatic rings. The highest BCUT2D eigenvalue weighted by Gasteiger charge is 2.26. The highest BCUT2D eigenvalue weighted by molar-refractivity contribution is 5.96. The number of aromatic nitrogens is 3. The summed E-state index contributed by atoms with van der Waals surface area (Å²) in [5.41, 5.74) is 8.55. The zero-order chi connectivity index (χ0) is 19.5. The number of imidazole rings is 1. The van der Waals surface area contributed by atoms with E-state index in [0.717, 1.165) is 30.5 Å². The third-order valence-electron chi connectivity index (χ3n) is 5.26. The van der Waals surface area contributed by atoms with Gasteiger partial charge >= 0.3 is 0 Å². The van der Waals surface area contributed by atoms with Crippen molar-refractivity contribution >= 4 is 23.0 Å². The summed E-state index contributed by atoms with van der Waals surface area (Å²) in [6.45, 7) is 1.67. The van der Waals surface area contributed by atoms with E-state index in [1.165, 1.54) is 0 Å². The zero-order valence-corrected chi connectivity index (χ0v) is 15.6. The van der Waals surface area contributed by atoms with Gasteiger partial charge in [0.15, 0.2) is 5.65 Å². The molecule has 2 N–H and O–H groups in total. The lowest BCUT2D eigenvalue weighted by Gasteiger charge is -2.23. The molecule has 7 heteroatoms. The first-order chi connectivity index (χ1) is 13.6. The largest absolute Gasteiger partial charge is 0.369 e. The van der Waals surface area contributed by atoms with Gasteiger partial charge in [-0.25, -0.2) is 9.97 Å². The highest BCUT2D eigenvalue weighted by atomic mass is 16.2. The standard InChI is InChI=1S/C21H23N5O2/c22-19(27)16-8-4-5-9-25(13-16)21(28)17-10-18-20(23-11-17)26(14-24-18)12-15-6-2-1-3-7-15/h1-3,6-7,10-11,14,16H,4-5,8-9,12-13H2,(H2,22,27). The van der Waals surface area contributed by atoms with Crippen LogP contribution in [0, 0.1) is 5.92 Å². The number of nitrogens with two attached hydrogens (primary N) is 1. The van der Waals surface area contributed by atoms with Gasteiger partial charge in [0.2, 0.25) is 5.91 Å². The van der Waals surface area contributed by atoms with Crippen molar-refractivity contribution in [3.63, 3.8) is 0 Å². The number of pyridine rings is 1. The molecule has 144 valence electrons. The molecule has 1 aromatic carbocycles. The Morgan fingerprint density at radius 3 is 2.75 bits per heavy atom. The summed E-state index contributed by atoms with van der Waals surface area (Å²) >= 11 is 0. The van der Waals surface area contributed by atoms with Crippen LogP contribution in [0.25, 0.3) is 11.2 Å². The number of carbonyl (C=O) groups is 2. The Bertz CT molecular complexity index is 998. The van der Waals surface area contributed by atoms with Crippen molar-refractivity contribution in [2.75, 3.05) is 13.1 Å². The van der Waals surface area contributed by atoms with Gasteiger partial charge in [0.1, 0.15) is 5.52 Å². The van der Waals surface area contributed by atoms with E-state index in [2.05, 4.69) is 22.1 Å². The molecule has 0 radical (unpaired) electrons. The monoisotopic (exact) mass is 377 g/mol. The van der Waals surface area contributed by atoms with Gasteiger partial charge in [0.25, 0.3) is 5.91 Å². The fraction of sp³-hybridized carbons (Fsp3) is 0.333. The second kappa shape index (κ2) is 7.80. The maximum Gasteiger partial charge on any atom is 0.255 e. The number of amides is 2. The number of nitrogens with zero attached hydrogens (tertiary/aromatic N) is 4. The molecule has 1 fully saturated rings. The van der Waals surface area contributed by atoms with Crippen LogP contribution in [0.3, 0.4) is 0 Å². The normalized spacial score (nSPS) is 17.4. The number of benzene rings is 1. The molecule has 0 aliphatic carbocycles. The van der Waals surface area contributed by atoms with Gasteiger partial charge in [-0.15, -0.1) is 0 Å². The molecule has 0 bridgehead atoms. The van der Waals surface area contributed by atoms with Crippen LogP contribution in [0.1, 0.15) is 35.2 Å². The summed E-state index contributed by atoms with van der Waals surface area (Å²) in [6, 6.07) is 11.9. The molecular weight excluding hydrogens is 354 g/mol. The Labute approximate surface area is 163 Å². The smallest absolute Gasteiger partial charge is 0.255 e. The molecule has 0 spiro atoms. The van der Waals surface area contributed by atoms with Crippen molar-refractivity contribution in [1.29, 1.82) is 0 Å². The molecule has 28 heavy (non-hydrogen) atoms. The lowest BCUT2D eigenvalue weighted by Crippen LogP contribution is -2.38. The number of hydrogen-bond acceptors (Lipinski definition) is 4. The first-order valence-electron chi connectivity index (χ1n) is 9.55. The first kappa shape index (κ1) is 18.2. The van der Waals surface area contributed by atoms with E-state index in [1.807, 2.05) is 22.8 Å². The van der Waals surface area contributed by atoms with E-state index >= 15 is 0 Å². The minimum Gasteiger partial charge on any atom is -0.369 e. The molecule has 2 amide bonds. The molecule has 0 saturated carbocycles. The third-order valence-corrected chi connectivity index (χ3v) is 5.26. The van der Waals surface area contributed by atoms with Crippen LogP contribution < -0.4 is 5.73 Å². The van der Waals surface area contributed by atoms with Crippen molar-refractivity contribution in [3.8, 4) is 0 Å². The molecule has 2 aromatic heterocycles. The lowest BCUT2D eigenvalue weighted by atomic mass is 10.0. The fourth-order valence-electron chi connectivity index (χ4n) is 3.70. The number of fused-ring (bicyclic) bond motifs is 1. The Kier molecular flexibility index (Phi) is 5.06. The van der Waals surface area contributed by atoms with Crippen molar-refractivity contribution < 1.29 is 9.59 Å². The molecule has 1 atom stereocenters. The third kappa shape index (κ3) is 3.74. The molecule has 7 nitrogen and oxygen atoms in total. The van der Waals surface area contributed by atoms with Gasteiger partial charge < -0.3 is 15.2 Å². The molecule has 3 heterocycles. The average Bonchev–Trinajstić information content (AvgIpc) is 2.94. The molecule has 1 saturated heterocycles. The second-order valence-electron chi connectivity index (χ2n) is 7.27. The quantitative estimate of drug-likeness (QED) is 0.754. The van der Waals surface area contributed by atoms with Crippen LogP contribution in [0.4, 0.5) is 0 Å². The van der Waals surface area contributed by atoms with Gasteiger partial charge in [0, 0.05) is 19.3 Å². The molecule has 4 rings (SSSR count). The van der Waals surface area contributed by atoms with E-state index in [1.54, 1.807) is 23.5 Å². The molecule has 3 aromatic rings. The predicted molar refractivity (Wildman–Crippen MR) is 106 cm³/mol. The summed E-state index contributed by atoms with van der Waals surface area (Å²) in [5.74, 6) is -0.749. The summed E-state index contributed by atoms with van der Waals surface area (Å²) in [7, 11) is 0. The van der Waals surface area contributed by atoms with Crippen LogP contribution >= 0.6 is 0 Å². The van der Waals surface area contributed by atoms with Crippen molar-refractivity contribution in [3.05, 3.63) is 60.0 Å². The van der Waals surface area contributed by atoms with Gasteiger partial charge in [-0.05, 0) is 24.5 Å². The molecular formula is C21H23N5O2. The summed E-state index contributed by atoms with van der Waals surface area (Å²) in [6.07, 6.45) is 5.85. The minimum absolute atomic E-state index is 0.125. The van der Waals surface area contributed by atoms with Gasteiger partial charge in [-0.3, -0.25) is 9.59 Å². The van der Waals surface area contributed by atoms with Crippen LogP contribution in [-0.2, 0) is 11.3 Å². The Morgan fingerprint density at radius 2 is 1.96 bits per heavy atom. The minimum atomic E-state index is -0.340. The van der Waals surface area contributed by atoms with Crippen LogP contribution in [0.5, 0.6) is 0 Å². The highest BCUT2D eigenvalue weighted by Crippen LogP contribution is 2.20. The SMILES string of the molecule is NC(=O)C1CCCCN(C(=O)c2cnc3c(c2)ncn3Cc2ccccc2)C1. The molecule has 1 unspecified atom stereocenters. The van der Waals surface area contributed by atoms with E-state index < -0.39 is 0 Å². The Hall–Kier alpha value is -3.22. The van der Waals surface area contributed by atoms with Crippen molar-refractivity contribution in [2.24, 2.45) is 11.7 Å². The van der Waals surface area contributed by atoms with E-state index in [0.29, 0.717) is 30.7 Å². The number of hydrogen-bond donors (Lipinski definition) is 1. The average molecular weight is 377 g/mol. The Balaban J connectivity index is 1.56. The molecule has 1 aliphatic heterocycles.